The minimum Gasteiger partial charge on any atom is -0.470 e. The van der Waals surface area contributed by atoms with E-state index in [9.17, 15) is 9.18 Å². The number of hydrogen-bond donors (Lipinski definition) is 0. The van der Waals surface area contributed by atoms with Crippen LogP contribution in [-0.4, -0.2) is 53.1 Å². The summed E-state index contributed by atoms with van der Waals surface area (Å²) in [6.07, 6.45) is 3.80. The maximum absolute atomic E-state index is 13.4. The molecule has 1 aliphatic rings. The molecule has 7 heteroatoms. The second kappa shape index (κ2) is 8.12. The van der Waals surface area contributed by atoms with Gasteiger partial charge in [-0.3, -0.25) is 4.79 Å². The van der Waals surface area contributed by atoms with E-state index in [1.54, 1.807) is 29.4 Å². The van der Waals surface area contributed by atoms with Crippen LogP contribution >= 0.6 is 0 Å². The number of rotatable bonds is 6. The van der Waals surface area contributed by atoms with Crippen LogP contribution in [0.15, 0.2) is 36.7 Å². The van der Waals surface area contributed by atoms with Crippen LogP contribution < -0.4 is 9.64 Å². The maximum Gasteiger partial charge on any atom is 0.257 e. The average molecular weight is 358 g/mol. The molecule has 1 atom stereocenters. The lowest BCUT2D eigenvalue weighted by Crippen LogP contribution is -2.31. The Labute approximate surface area is 152 Å². The van der Waals surface area contributed by atoms with E-state index >= 15 is 0 Å². The number of likely N-dealkylation sites (tertiary alicyclic amines) is 1. The fourth-order valence-electron chi connectivity index (χ4n) is 3.11. The smallest absolute Gasteiger partial charge is 0.257 e. The Bertz CT molecular complexity index is 767. The first-order chi connectivity index (χ1) is 12.6. The maximum atomic E-state index is 13.4. The van der Waals surface area contributed by atoms with Crippen molar-refractivity contribution in [1.29, 1.82) is 0 Å². The van der Waals surface area contributed by atoms with Crippen molar-refractivity contribution < 1.29 is 13.9 Å². The summed E-state index contributed by atoms with van der Waals surface area (Å²) in [5, 5.41) is 0. The molecule has 6 nitrogen and oxygen atoms in total. The summed E-state index contributed by atoms with van der Waals surface area (Å²) < 4.78 is 19.4. The summed E-state index contributed by atoms with van der Waals surface area (Å²) in [5.74, 6) is 0.610. The van der Waals surface area contributed by atoms with Crippen molar-refractivity contribution in [2.24, 2.45) is 0 Å². The monoisotopic (exact) mass is 358 g/mol. The van der Waals surface area contributed by atoms with Gasteiger partial charge in [0, 0.05) is 44.0 Å². The van der Waals surface area contributed by atoms with E-state index in [0.29, 0.717) is 36.8 Å². The molecule has 2 aromatic rings. The molecular formula is C19H23FN4O2. The molecule has 0 saturated carbocycles. The third kappa shape index (κ3) is 3.92. The second-order valence-corrected chi connectivity index (χ2v) is 6.15. The van der Waals surface area contributed by atoms with Crippen LogP contribution in [0.4, 0.5) is 10.2 Å². The Morgan fingerprint density at radius 3 is 2.81 bits per heavy atom. The summed E-state index contributed by atoms with van der Waals surface area (Å²) in [4.78, 5) is 25.0. The first-order valence-corrected chi connectivity index (χ1v) is 8.89. The van der Waals surface area contributed by atoms with Crippen LogP contribution in [0.2, 0.25) is 0 Å². The van der Waals surface area contributed by atoms with Gasteiger partial charge in [-0.1, -0.05) is 6.07 Å². The normalized spacial score (nSPS) is 16.6. The molecule has 26 heavy (non-hydrogen) atoms. The SMILES string of the molecule is CCN(CC)c1nccnc1OC1CCN(C(=O)c2cccc(F)c2)C1. The number of anilines is 1. The van der Waals surface area contributed by atoms with E-state index in [-0.39, 0.29) is 12.0 Å². The van der Waals surface area contributed by atoms with Crippen molar-refractivity contribution in [2.75, 3.05) is 31.1 Å². The van der Waals surface area contributed by atoms with E-state index in [1.807, 2.05) is 0 Å². The van der Waals surface area contributed by atoms with Gasteiger partial charge in [0.15, 0.2) is 5.82 Å². The van der Waals surface area contributed by atoms with Gasteiger partial charge in [0.2, 0.25) is 0 Å². The van der Waals surface area contributed by atoms with Gasteiger partial charge in [-0.05, 0) is 32.0 Å². The lowest BCUT2D eigenvalue weighted by molar-refractivity contribution is 0.0771. The van der Waals surface area contributed by atoms with E-state index in [4.69, 9.17) is 4.74 Å². The molecule has 1 unspecified atom stereocenters. The zero-order chi connectivity index (χ0) is 18.5. The van der Waals surface area contributed by atoms with Gasteiger partial charge in [-0.2, -0.15) is 0 Å². The number of carbonyl (C=O) groups excluding carboxylic acids is 1. The third-order valence-corrected chi connectivity index (χ3v) is 4.49. The zero-order valence-corrected chi connectivity index (χ0v) is 15.1. The van der Waals surface area contributed by atoms with Gasteiger partial charge in [0.25, 0.3) is 11.8 Å². The third-order valence-electron chi connectivity index (χ3n) is 4.49. The number of amides is 1. The Hall–Kier alpha value is -2.70. The predicted octanol–water partition coefficient (Wildman–Crippen LogP) is 2.76. The van der Waals surface area contributed by atoms with Gasteiger partial charge < -0.3 is 14.5 Å². The predicted molar refractivity (Wildman–Crippen MR) is 96.9 cm³/mol. The van der Waals surface area contributed by atoms with Crippen LogP contribution in [0, 0.1) is 5.82 Å². The highest BCUT2D eigenvalue weighted by atomic mass is 19.1. The van der Waals surface area contributed by atoms with Crippen LogP contribution in [0.25, 0.3) is 0 Å². The topological polar surface area (TPSA) is 58.6 Å². The number of halogens is 1. The Kier molecular flexibility index (Phi) is 5.65. The lowest BCUT2D eigenvalue weighted by atomic mass is 10.2. The quantitative estimate of drug-likeness (QED) is 0.795. The van der Waals surface area contributed by atoms with E-state index in [1.165, 1.54) is 12.1 Å². The van der Waals surface area contributed by atoms with Crippen LogP contribution in [-0.2, 0) is 0 Å². The van der Waals surface area contributed by atoms with Crippen molar-refractivity contribution in [3.8, 4) is 5.88 Å². The van der Waals surface area contributed by atoms with Crippen molar-refractivity contribution in [3.05, 3.63) is 48.0 Å². The molecule has 0 bridgehead atoms. The highest BCUT2D eigenvalue weighted by Crippen LogP contribution is 2.26. The van der Waals surface area contributed by atoms with E-state index in [2.05, 4.69) is 28.7 Å². The fourth-order valence-corrected chi connectivity index (χ4v) is 3.11. The van der Waals surface area contributed by atoms with Crippen molar-refractivity contribution in [2.45, 2.75) is 26.4 Å². The number of carbonyl (C=O) groups is 1. The Balaban J connectivity index is 1.68. The summed E-state index contributed by atoms with van der Waals surface area (Å²) >= 11 is 0. The first kappa shape index (κ1) is 18.1. The molecular weight excluding hydrogens is 335 g/mol. The lowest BCUT2D eigenvalue weighted by Gasteiger charge is -2.23. The van der Waals surface area contributed by atoms with Crippen LogP contribution in [0.3, 0.4) is 0 Å². The molecule has 1 saturated heterocycles. The summed E-state index contributed by atoms with van der Waals surface area (Å²) in [6.45, 7) is 6.74. The number of aromatic nitrogens is 2. The van der Waals surface area contributed by atoms with Crippen LogP contribution in [0.5, 0.6) is 5.88 Å². The minimum absolute atomic E-state index is 0.154. The Morgan fingerprint density at radius 1 is 1.31 bits per heavy atom. The minimum atomic E-state index is -0.411. The van der Waals surface area contributed by atoms with Gasteiger partial charge >= 0.3 is 0 Å². The number of nitrogens with zero attached hydrogens (tertiary/aromatic N) is 4. The molecule has 138 valence electrons. The molecule has 0 aliphatic carbocycles. The van der Waals surface area contributed by atoms with Gasteiger partial charge in [0.1, 0.15) is 11.9 Å². The number of hydrogen-bond acceptors (Lipinski definition) is 5. The molecule has 1 fully saturated rings. The molecule has 0 radical (unpaired) electrons. The molecule has 1 aromatic heterocycles. The number of ether oxygens (including phenoxy) is 1. The second-order valence-electron chi connectivity index (χ2n) is 6.15. The molecule has 1 amide bonds. The van der Waals surface area contributed by atoms with Gasteiger partial charge in [-0.15, -0.1) is 0 Å². The first-order valence-electron chi connectivity index (χ1n) is 8.89. The highest BCUT2D eigenvalue weighted by molar-refractivity contribution is 5.94. The summed E-state index contributed by atoms with van der Waals surface area (Å²) in [5.41, 5.74) is 0.356. The molecule has 2 heterocycles. The van der Waals surface area contributed by atoms with Crippen molar-refractivity contribution >= 4 is 11.7 Å². The largest absolute Gasteiger partial charge is 0.470 e. The van der Waals surface area contributed by atoms with E-state index < -0.39 is 5.82 Å². The summed E-state index contributed by atoms with van der Waals surface area (Å²) in [6, 6.07) is 5.76. The Morgan fingerprint density at radius 2 is 2.08 bits per heavy atom. The standard InChI is InChI=1S/C19H23FN4O2/c1-3-23(4-2)17-18(22-10-9-21-17)26-16-8-11-24(13-16)19(25)14-6-5-7-15(20)12-14/h5-7,9-10,12,16H,3-4,8,11,13H2,1-2H3. The highest BCUT2D eigenvalue weighted by Gasteiger charge is 2.29. The average Bonchev–Trinajstić information content (AvgIpc) is 3.12. The van der Waals surface area contributed by atoms with E-state index in [0.717, 1.165) is 13.1 Å². The zero-order valence-electron chi connectivity index (χ0n) is 15.1. The van der Waals surface area contributed by atoms with Crippen molar-refractivity contribution in [3.63, 3.8) is 0 Å². The van der Waals surface area contributed by atoms with Gasteiger partial charge in [0.05, 0.1) is 6.54 Å². The molecule has 1 aliphatic heterocycles. The molecule has 0 N–H and O–H groups in total. The molecule has 0 spiro atoms. The summed E-state index contributed by atoms with van der Waals surface area (Å²) in [7, 11) is 0. The molecule has 1 aromatic carbocycles. The van der Waals surface area contributed by atoms with Crippen molar-refractivity contribution in [1.82, 2.24) is 14.9 Å². The molecule has 3 rings (SSSR count). The van der Waals surface area contributed by atoms with Crippen LogP contribution in [0.1, 0.15) is 30.6 Å². The van der Waals surface area contributed by atoms with Gasteiger partial charge in [-0.25, -0.2) is 14.4 Å². The number of benzene rings is 1. The fraction of sp³-hybridized carbons (Fsp3) is 0.421.